The molecule has 116 valence electrons. The molecule has 0 aliphatic heterocycles. The first kappa shape index (κ1) is 16.9. The van der Waals surface area contributed by atoms with Crippen molar-refractivity contribution < 1.29 is 27.5 Å². The van der Waals surface area contributed by atoms with Crippen LogP contribution in [0.3, 0.4) is 0 Å². The third kappa shape index (κ3) is 5.38. The molecular formula is C12H15FN2O5S. The number of hydrogen-bond donors (Lipinski definition) is 2. The van der Waals surface area contributed by atoms with Gasteiger partial charge in [0.05, 0.1) is 17.0 Å². The molecule has 0 aliphatic carbocycles. The van der Waals surface area contributed by atoms with Crippen LogP contribution in [0.1, 0.15) is 10.4 Å². The molecule has 0 radical (unpaired) electrons. The average molecular weight is 318 g/mol. The highest BCUT2D eigenvalue weighted by Crippen LogP contribution is 2.17. The average Bonchev–Trinajstić information content (AvgIpc) is 2.36. The Bertz CT molecular complexity index is 660. The topological polar surface area (TPSA) is 104 Å². The van der Waals surface area contributed by atoms with Crippen LogP contribution in [0.2, 0.25) is 0 Å². The zero-order valence-electron chi connectivity index (χ0n) is 11.5. The molecule has 21 heavy (non-hydrogen) atoms. The van der Waals surface area contributed by atoms with Crippen molar-refractivity contribution in [2.75, 3.05) is 30.9 Å². The van der Waals surface area contributed by atoms with E-state index >= 15 is 0 Å². The van der Waals surface area contributed by atoms with Gasteiger partial charge in [0.2, 0.25) is 0 Å². The fourth-order valence-electron chi connectivity index (χ4n) is 1.42. The molecule has 1 aromatic carbocycles. The lowest BCUT2D eigenvalue weighted by atomic mass is 10.1. The number of carboxylic acid groups (broad SMARTS) is 1. The summed E-state index contributed by atoms with van der Waals surface area (Å²) >= 11 is 0. The van der Waals surface area contributed by atoms with E-state index in [1.54, 1.807) is 0 Å². The Balaban J connectivity index is 2.81. The first-order chi connectivity index (χ1) is 9.60. The number of carbonyl (C=O) groups excluding carboxylic acids is 1. The third-order valence-corrected chi connectivity index (χ3v) is 3.52. The first-order valence-corrected chi connectivity index (χ1v) is 7.89. The van der Waals surface area contributed by atoms with Gasteiger partial charge in [0.1, 0.15) is 15.7 Å². The predicted molar refractivity (Wildman–Crippen MR) is 74.7 cm³/mol. The molecule has 2 amide bonds. The van der Waals surface area contributed by atoms with Gasteiger partial charge in [-0.3, -0.25) is 0 Å². The van der Waals surface area contributed by atoms with Gasteiger partial charge >= 0.3 is 12.0 Å². The maximum atomic E-state index is 13.0. The van der Waals surface area contributed by atoms with E-state index in [0.29, 0.717) is 0 Å². The second-order valence-electron chi connectivity index (χ2n) is 4.48. The number of carbonyl (C=O) groups is 2. The summed E-state index contributed by atoms with van der Waals surface area (Å²) in [5, 5.41) is 11.2. The molecule has 0 unspecified atom stereocenters. The fourth-order valence-corrected chi connectivity index (χ4v) is 2.02. The smallest absolute Gasteiger partial charge is 0.337 e. The standard InChI is InChI=1S/C12H15FN2O5S/c1-15(5-6-21(2,19)20)12(18)14-10-4-3-8(13)7-9(10)11(16)17/h3-4,7H,5-6H2,1-2H3,(H,14,18)(H,16,17). The number of nitrogens with zero attached hydrogens (tertiary/aromatic N) is 1. The van der Waals surface area contributed by atoms with E-state index in [1.165, 1.54) is 7.05 Å². The Morgan fingerprint density at radius 1 is 1.38 bits per heavy atom. The van der Waals surface area contributed by atoms with Gasteiger partial charge < -0.3 is 15.3 Å². The Kier molecular flexibility index (Phi) is 5.25. The minimum Gasteiger partial charge on any atom is -0.478 e. The molecule has 0 saturated heterocycles. The highest BCUT2D eigenvalue weighted by molar-refractivity contribution is 7.90. The van der Waals surface area contributed by atoms with Gasteiger partial charge in [-0.15, -0.1) is 0 Å². The summed E-state index contributed by atoms with van der Waals surface area (Å²) in [7, 11) is -1.85. The third-order valence-electron chi connectivity index (χ3n) is 2.60. The number of amides is 2. The van der Waals surface area contributed by atoms with Gasteiger partial charge in [0.15, 0.2) is 0 Å². The van der Waals surface area contributed by atoms with Crippen LogP contribution >= 0.6 is 0 Å². The number of hydrogen-bond acceptors (Lipinski definition) is 4. The van der Waals surface area contributed by atoms with Gasteiger partial charge in [-0.1, -0.05) is 0 Å². The van der Waals surface area contributed by atoms with Crippen LogP contribution in [-0.2, 0) is 9.84 Å². The minimum atomic E-state index is -3.22. The van der Waals surface area contributed by atoms with E-state index in [-0.39, 0.29) is 23.5 Å². The number of anilines is 1. The fraction of sp³-hybridized carbons (Fsp3) is 0.333. The van der Waals surface area contributed by atoms with E-state index in [2.05, 4.69) is 5.32 Å². The van der Waals surface area contributed by atoms with Gasteiger partial charge in [0.25, 0.3) is 0 Å². The molecule has 0 fully saturated rings. The highest BCUT2D eigenvalue weighted by atomic mass is 32.2. The number of benzene rings is 1. The number of nitrogens with one attached hydrogen (secondary N) is 1. The van der Waals surface area contributed by atoms with Crippen LogP contribution in [0.5, 0.6) is 0 Å². The van der Waals surface area contributed by atoms with E-state index in [1.807, 2.05) is 0 Å². The molecular weight excluding hydrogens is 303 g/mol. The maximum Gasteiger partial charge on any atom is 0.337 e. The number of halogens is 1. The Morgan fingerprint density at radius 3 is 2.52 bits per heavy atom. The lowest BCUT2D eigenvalue weighted by Crippen LogP contribution is -2.35. The summed E-state index contributed by atoms with van der Waals surface area (Å²) in [6.45, 7) is -0.0474. The zero-order valence-corrected chi connectivity index (χ0v) is 12.3. The van der Waals surface area contributed by atoms with Gasteiger partial charge in [0, 0.05) is 19.8 Å². The Labute approximate surface area is 121 Å². The molecule has 0 heterocycles. The Morgan fingerprint density at radius 2 is 2.00 bits per heavy atom. The molecule has 7 nitrogen and oxygen atoms in total. The summed E-state index contributed by atoms with van der Waals surface area (Å²) in [5.74, 6) is -2.34. The number of urea groups is 1. The summed E-state index contributed by atoms with van der Waals surface area (Å²) in [5.41, 5.74) is -0.458. The van der Waals surface area contributed by atoms with Crippen molar-refractivity contribution in [2.24, 2.45) is 0 Å². The van der Waals surface area contributed by atoms with Crippen LogP contribution in [0.15, 0.2) is 18.2 Å². The van der Waals surface area contributed by atoms with Crippen LogP contribution in [0.25, 0.3) is 0 Å². The van der Waals surface area contributed by atoms with Crippen molar-refractivity contribution in [3.8, 4) is 0 Å². The molecule has 2 N–H and O–H groups in total. The molecule has 0 aromatic heterocycles. The first-order valence-electron chi connectivity index (χ1n) is 5.83. The summed E-state index contributed by atoms with van der Waals surface area (Å²) in [4.78, 5) is 23.9. The molecule has 0 saturated carbocycles. The molecule has 0 spiro atoms. The lowest BCUT2D eigenvalue weighted by Gasteiger charge is -2.18. The van der Waals surface area contributed by atoms with E-state index in [4.69, 9.17) is 5.11 Å². The van der Waals surface area contributed by atoms with E-state index in [0.717, 1.165) is 29.4 Å². The van der Waals surface area contributed by atoms with Crippen LogP contribution < -0.4 is 5.32 Å². The predicted octanol–water partition coefficient (Wildman–Crippen LogP) is 1.03. The summed E-state index contributed by atoms with van der Waals surface area (Å²) in [6, 6.07) is 2.24. The number of carboxylic acids is 1. The second-order valence-corrected chi connectivity index (χ2v) is 6.74. The zero-order chi connectivity index (χ0) is 16.2. The SMILES string of the molecule is CN(CCS(C)(=O)=O)C(=O)Nc1ccc(F)cc1C(=O)O. The van der Waals surface area contributed by atoms with E-state index < -0.39 is 27.7 Å². The van der Waals surface area contributed by atoms with Gasteiger partial charge in [-0.25, -0.2) is 22.4 Å². The van der Waals surface area contributed by atoms with Crippen molar-refractivity contribution >= 4 is 27.5 Å². The van der Waals surface area contributed by atoms with Crippen molar-refractivity contribution in [2.45, 2.75) is 0 Å². The van der Waals surface area contributed by atoms with Crippen molar-refractivity contribution in [1.29, 1.82) is 0 Å². The summed E-state index contributed by atoms with van der Waals surface area (Å²) in [6.07, 6.45) is 1.04. The van der Waals surface area contributed by atoms with Crippen LogP contribution in [0, 0.1) is 5.82 Å². The van der Waals surface area contributed by atoms with Gasteiger partial charge in [-0.05, 0) is 18.2 Å². The van der Waals surface area contributed by atoms with Crippen molar-refractivity contribution in [1.82, 2.24) is 4.90 Å². The highest BCUT2D eigenvalue weighted by Gasteiger charge is 2.16. The molecule has 0 aliphatic rings. The van der Waals surface area contributed by atoms with Crippen molar-refractivity contribution in [3.63, 3.8) is 0 Å². The molecule has 1 aromatic rings. The maximum absolute atomic E-state index is 13.0. The lowest BCUT2D eigenvalue weighted by molar-refractivity contribution is 0.0697. The van der Waals surface area contributed by atoms with E-state index in [9.17, 15) is 22.4 Å². The van der Waals surface area contributed by atoms with Crippen LogP contribution in [0.4, 0.5) is 14.9 Å². The minimum absolute atomic E-state index is 0.0474. The molecule has 1 rings (SSSR count). The van der Waals surface area contributed by atoms with Crippen LogP contribution in [-0.4, -0.2) is 56.0 Å². The number of sulfone groups is 1. The molecule has 0 bridgehead atoms. The summed E-state index contributed by atoms with van der Waals surface area (Å²) < 4.78 is 35.0. The normalized spacial score (nSPS) is 11.0. The van der Waals surface area contributed by atoms with Crippen molar-refractivity contribution in [3.05, 3.63) is 29.6 Å². The largest absolute Gasteiger partial charge is 0.478 e. The number of rotatable bonds is 5. The monoisotopic (exact) mass is 318 g/mol. The number of aromatic carboxylic acids is 1. The molecule has 0 atom stereocenters. The Hall–Kier alpha value is -2.16. The quantitative estimate of drug-likeness (QED) is 0.844. The second kappa shape index (κ2) is 6.53. The van der Waals surface area contributed by atoms with Gasteiger partial charge in [-0.2, -0.15) is 0 Å². The molecule has 9 heteroatoms.